The van der Waals surface area contributed by atoms with Gasteiger partial charge in [-0.15, -0.1) is 12.6 Å². The van der Waals surface area contributed by atoms with Crippen molar-refractivity contribution in [3.8, 4) is 11.1 Å². The van der Waals surface area contributed by atoms with E-state index in [9.17, 15) is 4.79 Å². The number of piperazine rings is 1. The molecule has 178 valence electrons. The summed E-state index contributed by atoms with van der Waals surface area (Å²) in [5.74, 6) is 0.0582. The van der Waals surface area contributed by atoms with E-state index in [2.05, 4.69) is 51.8 Å². The molecule has 1 heterocycles. The summed E-state index contributed by atoms with van der Waals surface area (Å²) in [6.45, 7) is 5.21. The van der Waals surface area contributed by atoms with Crippen LogP contribution >= 0.6 is 12.6 Å². The molecular formula is C27H27N5O2S. The third-order valence-electron chi connectivity index (χ3n) is 6.94. The van der Waals surface area contributed by atoms with Gasteiger partial charge in [0.15, 0.2) is 0 Å². The minimum Gasteiger partial charge on any atom is -0.448 e. The maximum Gasteiger partial charge on any atom is 0.409 e. The van der Waals surface area contributed by atoms with Crippen LogP contribution in [-0.4, -0.2) is 43.8 Å². The second-order valence-electron chi connectivity index (χ2n) is 8.93. The molecule has 0 aromatic heterocycles. The molecule has 0 spiro atoms. The molecule has 0 unspecified atom stereocenters. The monoisotopic (exact) mass is 485 g/mol. The van der Waals surface area contributed by atoms with Gasteiger partial charge in [-0.05, 0) is 58.0 Å². The summed E-state index contributed by atoms with van der Waals surface area (Å²) in [6, 6.07) is 20.7. The summed E-state index contributed by atoms with van der Waals surface area (Å²) < 4.78 is 5.84. The predicted octanol–water partition coefficient (Wildman–Crippen LogP) is 6.17. The summed E-state index contributed by atoms with van der Waals surface area (Å²) in [5.41, 5.74) is 16.6. The molecule has 1 amide bonds. The Morgan fingerprint density at radius 3 is 2.31 bits per heavy atom. The van der Waals surface area contributed by atoms with Crippen LogP contribution in [0.5, 0.6) is 0 Å². The van der Waals surface area contributed by atoms with E-state index in [1.807, 2.05) is 43.3 Å². The molecule has 7 nitrogen and oxygen atoms in total. The number of ether oxygens (including phenoxy) is 1. The fourth-order valence-electron chi connectivity index (χ4n) is 5.09. The Morgan fingerprint density at radius 2 is 1.69 bits per heavy atom. The molecule has 0 atom stereocenters. The molecule has 0 saturated carbocycles. The number of benzene rings is 3. The number of anilines is 1. The number of hydrogen-bond donors (Lipinski definition) is 1. The van der Waals surface area contributed by atoms with Crippen molar-refractivity contribution < 1.29 is 9.53 Å². The molecule has 8 heteroatoms. The highest BCUT2D eigenvalue weighted by Crippen LogP contribution is 2.44. The molecule has 2 aliphatic rings. The lowest BCUT2D eigenvalue weighted by molar-refractivity contribution is 0.0977. The lowest BCUT2D eigenvalue weighted by Gasteiger charge is -2.36. The molecule has 0 radical (unpaired) electrons. The predicted molar refractivity (Wildman–Crippen MR) is 140 cm³/mol. The van der Waals surface area contributed by atoms with Gasteiger partial charge in [0.1, 0.15) is 6.61 Å². The number of amides is 1. The molecule has 5 rings (SSSR count). The van der Waals surface area contributed by atoms with Crippen LogP contribution in [0.2, 0.25) is 0 Å². The Bertz CT molecular complexity index is 1270. The number of thiol groups is 1. The van der Waals surface area contributed by atoms with Crippen molar-refractivity contribution in [2.45, 2.75) is 24.3 Å². The van der Waals surface area contributed by atoms with Crippen LogP contribution in [0.25, 0.3) is 21.6 Å². The first-order chi connectivity index (χ1) is 17.1. The average Bonchev–Trinajstić information content (AvgIpc) is 3.21. The first-order valence-electron chi connectivity index (χ1n) is 11.7. The lowest BCUT2D eigenvalue weighted by atomic mass is 9.98. The summed E-state index contributed by atoms with van der Waals surface area (Å²) >= 11 is 4.59. The molecule has 1 fully saturated rings. The van der Waals surface area contributed by atoms with E-state index >= 15 is 0 Å². The quantitative estimate of drug-likeness (QED) is 0.203. The number of carbonyl (C=O) groups is 1. The van der Waals surface area contributed by atoms with Gasteiger partial charge in [-0.25, -0.2) is 4.79 Å². The fraction of sp³-hybridized carbons (Fsp3) is 0.296. The van der Waals surface area contributed by atoms with Crippen molar-refractivity contribution in [2.75, 3.05) is 37.7 Å². The van der Waals surface area contributed by atoms with Gasteiger partial charge in [0.2, 0.25) is 0 Å². The molecule has 3 aromatic rings. The smallest absolute Gasteiger partial charge is 0.409 e. The molecule has 1 aliphatic carbocycles. The normalized spacial score (nSPS) is 14.8. The number of carbonyl (C=O) groups excluding carboxylic acids is 1. The zero-order valence-corrected chi connectivity index (χ0v) is 20.5. The molecule has 1 saturated heterocycles. The van der Waals surface area contributed by atoms with Gasteiger partial charge in [0.25, 0.3) is 0 Å². The SMILES string of the molecule is Cc1c(S)cc(CN=[N+]=[N-])cc1N1CCN(C(=O)OCC2c3ccccc3-c3ccccc32)CC1. The molecule has 0 N–H and O–H groups in total. The molecule has 35 heavy (non-hydrogen) atoms. The van der Waals surface area contributed by atoms with Gasteiger partial charge in [-0.1, -0.05) is 53.6 Å². The van der Waals surface area contributed by atoms with E-state index in [-0.39, 0.29) is 18.6 Å². The molecule has 0 bridgehead atoms. The van der Waals surface area contributed by atoms with Crippen LogP contribution in [0.4, 0.5) is 10.5 Å². The minimum absolute atomic E-state index is 0.0582. The standard InChI is InChI=1S/C27H27N5O2S/c1-18-25(14-19(15-26(18)35)16-29-30-28)31-10-12-32(13-11-31)27(33)34-17-24-22-8-4-2-6-20(22)21-7-3-5-9-23(21)24/h2-9,14-15,24,35H,10-13,16-17H2,1H3. The Kier molecular flexibility index (Phi) is 6.57. The van der Waals surface area contributed by atoms with E-state index in [1.54, 1.807) is 4.90 Å². The van der Waals surface area contributed by atoms with Gasteiger partial charge in [0.05, 0.1) is 6.54 Å². The van der Waals surface area contributed by atoms with E-state index in [4.69, 9.17) is 10.3 Å². The highest BCUT2D eigenvalue weighted by atomic mass is 32.1. The number of rotatable bonds is 5. The van der Waals surface area contributed by atoms with Gasteiger partial charge in [-0.2, -0.15) is 0 Å². The molecule has 1 aliphatic heterocycles. The third kappa shape index (κ3) is 4.55. The minimum atomic E-state index is -0.268. The maximum absolute atomic E-state index is 12.9. The van der Waals surface area contributed by atoms with Gasteiger partial charge in [-0.3, -0.25) is 0 Å². The van der Waals surface area contributed by atoms with Gasteiger partial charge in [0, 0.05) is 47.6 Å². The van der Waals surface area contributed by atoms with Crippen molar-refractivity contribution in [1.82, 2.24) is 4.90 Å². The Hall–Kier alpha value is -3.61. The molecular weight excluding hydrogens is 458 g/mol. The number of nitrogens with zero attached hydrogens (tertiary/aromatic N) is 5. The summed E-state index contributed by atoms with van der Waals surface area (Å²) in [6.07, 6.45) is -0.268. The largest absolute Gasteiger partial charge is 0.448 e. The van der Waals surface area contributed by atoms with Crippen molar-refractivity contribution in [3.63, 3.8) is 0 Å². The summed E-state index contributed by atoms with van der Waals surface area (Å²) in [5, 5.41) is 3.67. The Morgan fingerprint density at radius 1 is 1.06 bits per heavy atom. The number of hydrogen-bond acceptors (Lipinski definition) is 5. The summed E-state index contributed by atoms with van der Waals surface area (Å²) in [7, 11) is 0. The van der Waals surface area contributed by atoms with Crippen LogP contribution in [0.1, 0.15) is 28.2 Å². The zero-order chi connectivity index (χ0) is 24.4. The second-order valence-corrected chi connectivity index (χ2v) is 9.41. The van der Waals surface area contributed by atoms with Crippen molar-refractivity contribution in [2.24, 2.45) is 5.11 Å². The van der Waals surface area contributed by atoms with Crippen LogP contribution in [-0.2, 0) is 11.3 Å². The van der Waals surface area contributed by atoms with Gasteiger partial charge >= 0.3 is 6.09 Å². The third-order valence-corrected chi connectivity index (χ3v) is 7.41. The first kappa shape index (κ1) is 23.1. The summed E-state index contributed by atoms with van der Waals surface area (Å²) in [4.78, 5) is 20.7. The number of azide groups is 1. The van der Waals surface area contributed by atoms with E-state index in [1.165, 1.54) is 22.3 Å². The van der Waals surface area contributed by atoms with Crippen LogP contribution in [0.15, 0.2) is 70.7 Å². The average molecular weight is 486 g/mol. The maximum atomic E-state index is 12.9. The molecule has 3 aromatic carbocycles. The van der Waals surface area contributed by atoms with E-state index in [0.717, 1.165) is 21.7 Å². The Balaban J connectivity index is 1.23. The second kappa shape index (κ2) is 9.94. The van der Waals surface area contributed by atoms with Crippen LogP contribution in [0, 0.1) is 6.92 Å². The zero-order valence-electron chi connectivity index (χ0n) is 19.6. The fourth-order valence-corrected chi connectivity index (χ4v) is 5.37. The van der Waals surface area contributed by atoms with Crippen LogP contribution < -0.4 is 4.90 Å². The Labute approximate surface area is 210 Å². The highest BCUT2D eigenvalue weighted by molar-refractivity contribution is 7.80. The van der Waals surface area contributed by atoms with Crippen LogP contribution in [0.3, 0.4) is 0 Å². The first-order valence-corrected chi connectivity index (χ1v) is 12.2. The van der Waals surface area contributed by atoms with E-state index in [0.29, 0.717) is 32.8 Å². The van der Waals surface area contributed by atoms with E-state index < -0.39 is 0 Å². The topological polar surface area (TPSA) is 81.5 Å². The van der Waals surface area contributed by atoms with Crippen molar-refractivity contribution in [1.29, 1.82) is 0 Å². The van der Waals surface area contributed by atoms with Crippen molar-refractivity contribution in [3.05, 3.63) is 93.4 Å². The van der Waals surface area contributed by atoms with Gasteiger partial charge < -0.3 is 14.5 Å². The highest BCUT2D eigenvalue weighted by Gasteiger charge is 2.30. The van der Waals surface area contributed by atoms with Crippen molar-refractivity contribution >= 4 is 24.4 Å². The lowest BCUT2D eigenvalue weighted by Crippen LogP contribution is -2.49. The number of fused-ring (bicyclic) bond motifs is 3.